The number of tetrazole rings is 1. The van der Waals surface area contributed by atoms with Gasteiger partial charge in [-0.2, -0.15) is 0 Å². The van der Waals surface area contributed by atoms with Crippen molar-refractivity contribution in [3.8, 4) is 21.8 Å². The molecular formula is C27H28BrN5O4S. The fourth-order valence-corrected chi connectivity index (χ4v) is 7.25. The normalized spacial score (nSPS) is 14.6. The summed E-state index contributed by atoms with van der Waals surface area (Å²) in [6.07, 6.45) is 2.90. The Morgan fingerprint density at radius 1 is 1.18 bits per heavy atom. The molecule has 5 rings (SSSR count). The van der Waals surface area contributed by atoms with Gasteiger partial charge < -0.3 is 14.7 Å². The Balaban J connectivity index is 1.47. The third-order valence-electron chi connectivity index (χ3n) is 6.95. The van der Waals surface area contributed by atoms with E-state index in [1.54, 1.807) is 16.2 Å². The van der Waals surface area contributed by atoms with Crippen LogP contribution in [-0.4, -0.2) is 54.8 Å². The average Bonchev–Trinajstić information content (AvgIpc) is 3.65. The summed E-state index contributed by atoms with van der Waals surface area (Å²) in [6, 6.07) is 14.2. The van der Waals surface area contributed by atoms with Crippen molar-refractivity contribution >= 4 is 49.4 Å². The molecule has 0 bridgehead atoms. The molecule has 4 aromatic rings. The van der Waals surface area contributed by atoms with Crippen molar-refractivity contribution in [3.05, 3.63) is 52.5 Å². The molecule has 0 atom stereocenters. The van der Waals surface area contributed by atoms with Crippen LogP contribution in [0.15, 0.2) is 46.9 Å². The SMILES string of the molecule is CCCC(=O)N(Cc1ccc2sc(-c3ccccc3-c3nnn[nH]3)c(Br)c2c1)CC1(OC(=O)O)CCCC1. The number of ether oxygens (including phenoxy) is 1. The van der Waals surface area contributed by atoms with E-state index in [4.69, 9.17) is 4.74 Å². The van der Waals surface area contributed by atoms with Crippen LogP contribution in [0.3, 0.4) is 0 Å². The van der Waals surface area contributed by atoms with E-state index in [0.29, 0.717) is 31.6 Å². The topological polar surface area (TPSA) is 121 Å². The Morgan fingerprint density at radius 3 is 2.63 bits per heavy atom. The number of fused-ring (bicyclic) bond motifs is 1. The maximum absolute atomic E-state index is 13.1. The summed E-state index contributed by atoms with van der Waals surface area (Å²) in [5.74, 6) is 0.604. The summed E-state index contributed by atoms with van der Waals surface area (Å²) < 4.78 is 7.45. The Labute approximate surface area is 232 Å². The molecule has 0 unspecified atom stereocenters. The molecule has 1 fully saturated rings. The first-order valence-corrected chi connectivity index (χ1v) is 14.2. The van der Waals surface area contributed by atoms with Crippen LogP contribution in [-0.2, 0) is 16.1 Å². The number of benzene rings is 2. The van der Waals surface area contributed by atoms with E-state index in [1.807, 2.05) is 37.3 Å². The van der Waals surface area contributed by atoms with Gasteiger partial charge in [-0.05, 0) is 76.2 Å². The number of thiophene rings is 1. The van der Waals surface area contributed by atoms with E-state index in [1.165, 1.54) is 0 Å². The maximum Gasteiger partial charge on any atom is 0.506 e. The number of H-pyrrole nitrogens is 1. The van der Waals surface area contributed by atoms with Crippen molar-refractivity contribution in [1.82, 2.24) is 25.5 Å². The van der Waals surface area contributed by atoms with E-state index in [2.05, 4.69) is 48.7 Å². The van der Waals surface area contributed by atoms with E-state index in [-0.39, 0.29) is 12.5 Å². The highest BCUT2D eigenvalue weighted by Crippen LogP contribution is 2.45. The van der Waals surface area contributed by atoms with Gasteiger partial charge in [0.25, 0.3) is 0 Å². The fourth-order valence-electron chi connectivity index (χ4n) is 5.22. The summed E-state index contributed by atoms with van der Waals surface area (Å²) in [4.78, 5) is 27.4. The highest BCUT2D eigenvalue weighted by molar-refractivity contribution is 9.10. The largest absolute Gasteiger partial charge is 0.506 e. The molecular weight excluding hydrogens is 570 g/mol. The number of aromatic nitrogens is 4. The maximum atomic E-state index is 13.1. The number of carboxylic acid groups (broad SMARTS) is 1. The number of hydrogen-bond acceptors (Lipinski definition) is 7. The van der Waals surface area contributed by atoms with Gasteiger partial charge in [0.15, 0.2) is 5.82 Å². The summed E-state index contributed by atoms with van der Waals surface area (Å²) in [6.45, 7) is 2.63. The van der Waals surface area contributed by atoms with Crippen LogP contribution in [0.1, 0.15) is 51.0 Å². The third-order valence-corrected chi connectivity index (χ3v) is 9.24. The molecule has 1 saturated carbocycles. The van der Waals surface area contributed by atoms with Gasteiger partial charge >= 0.3 is 6.16 Å². The predicted molar refractivity (Wildman–Crippen MR) is 149 cm³/mol. The number of nitrogens with zero attached hydrogens (tertiary/aromatic N) is 4. The zero-order chi connectivity index (χ0) is 26.7. The van der Waals surface area contributed by atoms with Gasteiger partial charge in [0.1, 0.15) is 5.60 Å². The molecule has 1 aliphatic carbocycles. The molecule has 2 aromatic carbocycles. The summed E-state index contributed by atoms with van der Waals surface area (Å²) in [7, 11) is 0. The van der Waals surface area contributed by atoms with Crippen molar-refractivity contribution in [1.29, 1.82) is 0 Å². The van der Waals surface area contributed by atoms with Crippen LogP contribution in [0.25, 0.3) is 31.9 Å². The lowest BCUT2D eigenvalue weighted by Crippen LogP contribution is -2.46. The number of carbonyl (C=O) groups is 2. The van der Waals surface area contributed by atoms with Crippen molar-refractivity contribution in [2.45, 2.75) is 57.6 Å². The number of amides is 1. The lowest BCUT2D eigenvalue weighted by atomic mass is 10.00. The van der Waals surface area contributed by atoms with E-state index in [9.17, 15) is 14.7 Å². The predicted octanol–water partition coefficient (Wildman–Crippen LogP) is 6.65. The summed E-state index contributed by atoms with van der Waals surface area (Å²) in [5, 5.41) is 24.8. The number of aromatic amines is 1. The first kappa shape index (κ1) is 26.3. The Bertz CT molecular complexity index is 1450. The second kappa shape index (κ2) is 11.2. The van der Waals surface area contributed by atoms with Gasteiger partial charge in [-0.15, -0.1) is 16.4 Å². The van der Waals surface area contributed by atoms with Crippen LogP contribution in [0.4, 0.5) is 4.79 Å². The minimum absolute atomic E-state index is 0.00697. The molecule has 198 valence electrons. The molecule has 0 spiro atoms. The Hall–Kier alpha value is -3.31. The van der Waals surface area contributed by atoms with Crippen molar-refractivity contribution in [2.24, 2.45) is 0 Å². The molecule has 2 heterocycles. The molecule has 0 aliphatic heterocycles. The zero-order valence-corrected chi connectivity index (χ0v) is 23.3. The van der Waals surface area contributed by atoms with Crippen LogP contribution in [0, 0.1) is 0 Å². The summed E-state index contributed by atoms with van der Waals surface area (Å²) in [5.41, 5.74) is 2.05. The van der Waals surface area contributed by atoms with E-state index < -0.39 is 11.8 Å². The van der Waals surface area contributed by atoms with Crippen LogP contribution < -0.4 is 0 Å². The smallest absolute Gasteiger partial charge is 0.450 e. The standard InChI is InChI=1S/C27H28BrN5O4S/c1-2-7-22(34)33(16-27(37-26(35)36)12-5-6-13-27)15-17-10-11-21-20(14-17)23(28)24(38-21)18-8-3-4-9-19(18)25-29-31-32-30-25/h3-4,8-11,14H,2,5-7,12-13,15-16H2,1H3,(H,35,36)(H,29,30,31,32). The molecule has 1 amide bonds. The highest BCUT2D eigenvalue weighted by Gasteiger charge is 2.40. The van der Waals surface area contributed by atoms with Crippen LogP contribution >= 0.6 is 27.3 Å². The fraction of sp³-hybridized carbons (Fsp3) is 0.370. The first-order valence-electron chi connectivity index (χ1n) is 12.6. The minimum Gasteiger partial charge on any atom is -0.450 e. The second-order valence-corrected chi connectivity index (χ2v) is 11.5. The van der Waals surface area contributed by atoms with Crippen molar-refractivity contribution in [2.75, 3.05) is 6.54 Å². The number of halogens is 1. The van der Waals surface area contributed by atoms with Crippen molar-refractivity contribution < 1.29 is 19.4 Å². The average molecular weight is 599 g/mol. The molecule has 1 aliphatic rings. The van der Waals surface area contributed by atoms with Gasteiger partial charge in [0.05, 0.1) is 11.4 Å². The lowest BCUT2D eigenvalue weighted by Gasteiger charge is -2.34. The molecule has 9 nitrogen and oxygen atoms in total. The van der Waals surface area contributed by atoms with Gasteiger partial charge in [-0.1, -0.05) is 37.3 Å². The Morgan fingerprint density at radius 2 is 1.95 bits per heavy atom. The van der Waals surface area contributed by atoms with Gasteiger partial charge in [-0.25, -0.2) is 9.89 Å². The third kappa shape index (κ3) is 5.44. The zero-order valence-electron chi connectivity index (χ0n) is 20.9. The Kier molecular flexibility index (Phi) is 7.75. The molecule has 11 heteroatoms. The molecule has 2 N–H and O–H groups in total. The van der Waals surface area contributed by atoms with Gasteiger partial charge in [-0.3, -0.25) is 4.79 Å². The number of nitrogens with one attached hydrogen (secondary N) is 1. The summed E-state index contributed by atoms with van der Waals surface area (Å²) >= 11 is 5.50. The minimum atomic E-state index is -1.28. The van der Waals surface area contributed by atoms with E-state index in [0.717, 1.165) is 55.4 Å². The second-order valence-electron chi connectivity index (χ2n) is 9.63. The lowest BCUT2D eigenvalue weighted by molar-refractivity contribution is -0.136. The quantitative estimate of drug-likeness (QED) is 0.207. The number of carbonyl (C=O) groups excluding carboxylic acids is 1. The molecule has 38 heavy (non-hydrogen) atoms. The van der Waals surface area contributed by atoms with Gasteiger partial charge in [0.2, 0.25) is 5.91 Å². The van der Waals surface area contributed by atoms with Crippen molar-refractivity contribution in [3.63, 3.8) is 0 Å². The van der Waals surface area contributed by atoms with Crippen LogP contribution in [0.2, 0.25) is 0 Å². The highest BCUT2D eigenvalue weighted by atomic mass is 79.9. The monoisotopic (exact) mass is 597 g/mol. The van der Waals surface area contributed by atoms with Gasteiger partial charge in [0, 0.05) is 38.7 Å². The first-order chi connectivity index (χ1) is 18.4. The van der Waals surface area contributed by atoms with Crippen LogP contribution in [0.5, 0.6) is 0 Å². The molecule has 2 aromatic heterocycles. The molecule has 0 saturated heterocycles. The molecule has 0 radical (unpaired) electrons. The number of hydrogen-bond donors (Lipinski definition) is 2. The van der Waals surface area contributed by atoms with E-state index >= 15 is 0 Å². The number of rotatable bonds is 9.